The summed E-state index contributed by atoms with van der Waals surface area (Å²) in [5, 5.41) is 3.31. The summed E-state index contributed by atoms with van der Waals surface area (Å²) in [6, 6.07) is 2.00. The molecular weight excluding hydrogens is 250 g/mol. The number of nitrogens with one attached hydrogen (secondary N) is 1. The molecule has 0 bridgehead atoms. The molecular formula is C16H27N3O. The van der Waals surface area contributed by atoms with Crippen LogP contribution in [0.15, 0.2) is 6.07 Å². The van der Waals surface area contributed by atoms with Gasteiger partial charge in [-0.2, -0.15) is 0 Å². The second-order valence-corrected chi connectivity index (χ2v) is 5.61. The molecule has 0 radical (unpaired) electrons. The van der Waals surface area contributed by atoms with Crippen LogP contribution in [-0.4, -0.2) is 23.6 Å². The molecule has 4 heteroatoms. The highest BCUT2D eigenvalue weighted by molar-refractivity contribution is 5.36. The van der Waals surface area contributed by atoms with Crippen LogP contribution in [0.25, 0.3) is 0 Å². The molecule has 1 aromatic rings. The molecule has 0 saturated heterocycles. The Kier molecular flexibility index (Phi) is 6.25. The molecule has 0 spiro atoms. The van der Waals surface area contributed by atoms with Crippen molar-refractivity contribution in [2.24, 2.45) is 0 Å². The molecule has 0 aliphatic heterocycles. The number of ether oxygens (including phenoxy) is 1. The molecule has 0 aromatic carbocycles. The molecule has 2 rings (SSSR count). The number of hydrogen-bond acceptors (Lipinski definition) is 4. The Morgan fingerprint density at radius 3 is 2.50 bits per heavy atom. The van der Waals surface area contributed by atoms with Crippen molar-refractivity contribution < 1.29 is 4.74 Å². The molecule has 1 aromatic heterocycles. The Balaban J connectivity index is 2.18. The van der Waals surface area contributed by atoms with E-state index in [9.17, 15) is 0 Å². The quantitative estimate of drug-likeness (QED) is 0.887. The maximum Gasteiger partial charge on any atom is 0.134 e. The van der Waals surface area contributed by atoms with Gasteiger partial charge in [-0.1, -0.05) is 32.1 Å². The van der Waals surface area contributed by atoms with E-state index in [0.717, 1.165) is 23.9 Å². The van der Waals surface area contributed by atoms with Gasteiger partial charge in [0.15, 0.2) is 0 Å². The van der Waals surface area contributed by atoms with Crippen molar-refractivity contribution in [3.05, 3.63) is 17.6 Å². The first-order valence-corrected chi connectivity index (χ1v) is 7.94. The fourth-order valence-corrected chi connectivity index (χ4v) is 2.91. The summed E-state index contributed by atoms with van der Waals surface area (Å²) in [5.41, 5.74) is 0.982. The number of aromatic nitrogens is 2. The minimum Gasteiger partial charge on any atom is -0.378 e. The Labute approximate surface area is 122 Å². The van der Waals surface area contributed by atoms with Gasteiger partial charge >= 0.3 is 0 Å². The molecule has 1 fully saturated rings. The van der Waals surface area contributed by atoms with Crippen molar-refractivity contribution in [2.75, 3.05) is 19.0 Å². The largest absolute Gasteiger partial charge is 0.378 e. The lowest BCUT2D eigenvalue weighted by Crippen LogP contribution is -2.11. The van der Waals surface area contributed by atoms with Crippen molar-refractivity contribution in [1.29, 1.82) is 0 Å². The number of hydrogen-bond donors (Lipinski definition) is 1. The molecule has 1 saturated carbocycles. The number of rotatable bonds is 5. The van der Waals surface area contributed by atoms with Crippen molar-refractivity contribution in [1.82, 2.24) is 9.97 Å². The summed E-state index contributed by atoms with van der Waals surface area (Å²) < 4.78 is 5.23. The summed E-state index contributed by atoms with van der Waals surface area (Å²) >= 11 is 0. The van der Waals surface area contributed by atoms with Crippen LogP contribution in [0.1, 0.15) is 69.3 Å². The van der Waals surface area contributed by atoms with E-state index in [4.69, 9.17) is 14.7 Å². The number of methoxy groups -OCH3 is 1. The van der Waals surface area contributed by atoms with Crippen LogP contribution < -0.4 is 5.32 Å². The second kappa shape index (κ2) is 8.20. The first-order chi connectivity index (χ1) is 9.83. The zero-order chi connectivity index (χ0) is 14.2. The maximum absolute atomic E-state index is 5.23. The summed E-state index contributed by atoms with van der Waals surface area (Å²) in [4.78, 5) is 9.45. The molecule has 0 amide bonds. The van der Waals surface area contributed by atoms with Crippen LogP contribution in [0.5, 0.6) is 0 Å². The number of nitrogens with zero attached hydrogens (tertiary/aromatic N) is 2. The van der Waals surface area contributed by atoms with Gasteiger partial charge in [0.25, 0.3) is 0 Å². The van der Waals surface area contributed by atoms with Gasteiger partial charge in [-0.3, -0.25) is 0 Å². The Morgan fingerprint density at radius 2 is 1.85 bits per heavy atom. The standard InChI is InChI=1S/C16H27N3O/c1-3-17-15-11-14(12-20-2)18-16(19-15)13-9-7-5-4-6-8-10-13/h11,13H,3-10,12H2,1-2H3,(H,17,18,19). The fourth-order valence-electron chi connectivity index (χ4n) is 2.91. The van der Waals surface area contributed by atoms with Crippen molar-refractivity contribution in [3.8, 4) is 0 Å². The molecule has 1 aliphatic rings. The van der Waals surface area contributed by atoms with E-state index in [1.807, 2.05) is 6.07 Å². The maximum atomic E-state index is 5.23. The Morgan fingerprint density at radius 1 is 1.15 bits per heavy atom. The van der Waals surface area contributed by atoms with Gasteiger partial charge in [-0.15, -0.1) is 0 Å². The first kappa shape index (κ1) is 15.2. The SMILES string of the molecule is CCNc1cc(COC)nc(C2CCCCCCC2)n1. The third-order valence-electron chi connectivity index (χ3n) is 3.92. The van der Waals surface area contributed by atoms with Gasteiger partial charge < -0.3 is 10.1 Å². The van der Waals surface area contributed by atoms with Crippen LogP contribution in [0.4, 0.5) is 5.82 Å². The fraction of sp³-hybridized carbons (Fsp3) is 0.750. The van der Waals surface area contributed by atoms with Crippen molar-refractivity contribution in [2.45, 2.75) is 64.4 Å². The second-order valence-electron chi connectivity index (χ2n) is 5.61. The highest BCUT2D eigenvalue weighted by Gasteiger charge is 2.17. The summed E-state index contributed by atoms with van der Waals surface area (Å²) in [6.45, 7) is 3.53. The van der Waals surface area contributed by atoms with E-state index < -0.39 is 0 Å². The van der Waals surface area contributed by atoms with Gasteiger partial charge in [-0.05, 0) is 19.8 Å². The zero-order valence-corrected chi connectivity index (χ0v) is 12.8. The van der Waals surface area contributed by atoms with Gasteiger partial charge in [-0.25, -0.2) is 9.97 Å². The third kappa shape index (κ3) is 4.44. The van der Waals surface area contributed by atoms with Gasteiger partial charge in [0.1, 0.15) is 11.6 Å². The van der Waals surface area contributed by atoms with E-state index in [0.29, 0.717) is 12.5 Å². The molecule has 1 heterocycles. The minimum absolute atomic E-state index is 0.518. The van der Waals surface area contributed by atoms with Gasteiger partial charge in [0.2, 0.25) is 0 Å². The van der Waals surface area contributed by atoms with Crippen LogP contribution in [0, 0.1) is 0 Å². The van der Waals surface area contributed by atoms with Crippen LogP contribution >= 0.6 is 0 Å². The van der Waals surface area contributed by atoms with Gasteiger partial charge in [0, 0.05) is 25.6 Å². The Bertz CT molecular complexity index is 376. The highest BCUT2D eigenvalue weighted by Crippen LogP contribution is 2.29. The van der Waals surface area contributed by atoms with E-state index in [-0.39, 0.29) is 0 Å². The average Bonchev–Trinajstić information content (AvgIpc) is 2.38. The molecule has 4 nitrogen and oxygen atoms in total. The van der Waals surface area contributed by atoms with E-state index >= 15 is 0 Å². The minimum atomic E-state index is 0.518. The van der Waals surface area contributed by atoms with Crippen LogP contribution in [0.2, 0.25) is 0 Å². The molecule has 112 valence electrons. The summed E-state index contributed by atoms with van der Waals surface area (Å²) in [6.07, 6.45) is 9.16. The molecule has 0 unspecified atom stereocenters. The van der Waals surface area contributed by atoms with Crippen LogP contribution in [0.3, 0.4) is 0 Å². The van der Waals surface area contributed by atoms with E-state index in [1.54, 1.807) is 7.11 Å². The highest BCUT2D eigenvalue weighted by atomic mass is 16.5. The van der Waals surface area contributed by atoms with Gasteiger partial charge in [0.05, 0.1) is 12.3 Å². The average molecular weight is 277 g/mol. The topological polar surface area (TPSA) is 47.0 Å². The predicted molar refractivity (Wildman–Crippen MR) is 82.0 cm³/mol. The molecule has 1 N–H and O–H groups in total. The smallest absolute Gasteiger partial charge is 0.134 e. The van der Waals surface area contributed by atoms with Crippen molar-refractivity contribution >= 4 is 5.82 Å². The third-order valence-corrected chi connectivity index (χ3v) is 3.92. The monoisotopic (exact) mass is 277 g/mol. The van der Waals surface area contributed by atoms with Crippen LogP contribution in [-0.2, 0) is 11.3 Å². The van der Waals surface area contributed by atoms with E-state index in [2.05, 4.69) is 12.2 Å². The molecule has 1 aliphatic carbocycles. The molecule has 0 atom stereocenters. The molecule has 20 heavy (non-hydrogen) atoms. The normalized spacial score (nSPS) is 17.5. The van der Waals surface area contributed by atoms with E-state index in [1.165, 1.54) is 44.9 Å². The first-order valence-electron chi connectivity index (χ1n) is 7.94. The summed E-state index contributed by atoms with van der Waals surface area (Å²) in [5.74, 6) is 2.47. The Hall–Kier alpha value is -1.16. The predicted octanol–water partition coefficient (Wildman–Crippen LogP) is 3.88. The van der Waals surface area contributed by atoms with Crippen molar-refractivity contribution in [3.63, 3.8) is 0 Å². The zero-order valence-electron chi connectivity index (χ0n) is 12.8. The number of anilines is 1. The lowest BCUT2D eigenvalue weighted by molar-refractivity contribution is 0.181. The summed E-state index contributed by atoms with van der Waals surface area (Å²) in [7, 11) is 1.71. The lowest BCUT2D eigenvalue weighted by atomic mass is 9.90. The lowest BCUT2D eigenvalue weighted by Gasteiger charge is -2.19.